The molecule has 4 nitrogen and oxygen atoms in total. The van der Waals surface area contributed by atoms with Crippen molar-refractivity contribution < 1.29 is 13.9 Å². The molecule has 0 aromatic heterocycles. The third kappa shape index (κ3) is 5.20. The molecule has 0 radical (unpaired) electrons. The average Bonchev–Trinajstić information content (AvgIpc) is 2.60. The first-order valence-electron chi connectivity index (χ1n) is 7.08. The van der Waals surface area contributed by atoms with E-state index in [4.69, 9.17) is 11.2 Å². The number of hydrogen-bond acceptors (Lipinski definition) is 3. The van der Waals surface area contributed by atoms with Crippen LogP contribution in [-0.4, -0.2) is 12.5 Å². The number of nitrogens with one attached hydrogen (secondary N) is 1. The summed E-state index contributed by atoms with van der Waals surface area (Å²) in [7, 11) is 0. The summed E-state index contributed by atoms with van der Waals surface area (Å²) in [4.78, 5) is 12.2. The summed E-state index contributed by atoms with van der Waals surface area (Å²) in [6.45, 7) is 0.136. The third-order valence-electron chi connectivity index (χ3n) is 3.05. The van der Waals surface area contributed by atoms with E-state index in [9.17, 15) is 14.4 Å². The molecular formula is C19H12BrFN2O2. The van der Waals surface area contributed by atoms with Crippen LogP contribution < -0.4 is 10.1 Å². The summed E-state index contributed by atoms with van der Waals surface area (Å²) in [5.41, 5.74) is 0.936. The van der Waals surface area contributed by atoms with Crippen molar-refractivity contribution in [1.29, 1.82) is 5.26 Å². The first-order chi connectivity index (χ1) is 12.0. The van der Waals surface area contributed by atoms with Crippen LogP contribution in [0.5, 0.6) is 5.75 Å². The van der Waals surface area contributed by atoms with Gasteiger partial charge in [-0.2, -0.15) is 5.26 Å². The van der Waals surface area contributed by atoms with Crippen molar-refractivity contribution in [3.63, 3.8) is 0 Å². The van der Waals surface area contributed by atoms with E-state index in [1.807, 2.05) is 6.07 Å². The van der Waals surface area contributed by atoms with E-state index >= 15 is 0 Å². The fourth-order valence-electron chi connectivity index (χ4n) is 1.89. The van der Waals surface area contributed by atoms with Crippen LogP contribution in [0.1, 0.15) is 5.56 Å². The van der Waals surface area contributed by atoms with Gasteiger partial charge in [0, 0.05) is 5.69 Å². The molecule has 2 rings (SSSR count). The zero-order chi connectivity index (χ0) is 18.2. The Morgan fingerprint density at radius 1 is 1.32 bits per heavy atom. The highest BCUT2D eigenvalue weighted by Crippen LogP contribution is 2.27. The number of carbonyl (C=O) groups is 1. The molecule has 0 aliphatic rings. The molecule has 0 atom stereocenters. The molecule has 2 aromatic carbocycles. The molecule has 0 bridgehead atoms. The maximum absolute atomic E-state index is 12.9. The van der Waals surface area contributed by atoms with Gasteiger partial charge in [-0.3, -0.25) is 4.79 Å². The van der Waals surface area contributed by atoms with Gasteiger partial charge in [0.25, 0.3) is 5.91 Å². The number of anilines is 1. The van der Waals surface area contributed by atoms with Crippen LogP contribution in [0.3, 0.4) is 0 Å². The highest BCUT2D eigenvalue weighted by Gasteiger charge is 2.10. The Labute approximate surface area is 153 Å². The second kappa shape index (κ2) is 8.68. The third-order valence-corrected chi connectivity index (χ3v) is 3.66. The average molecular weight is 399 g/mol. The van der Waals surface area contributed by atoms with Gasteiger partial charge in [-0.25, -0.2) is 4.39 Å². The maximum Gasteiger partial charge on any atom is 0.266 e. The summed E-state index contributed by atoms with van der Waals surface area (Å²) in [6.07, 6.45) is 6.58. The predicted molar refractivity (Wildman–Crippen MR) is 97.1 cm³/mol. The van der Waals surface area contributed by atoms with Crippen LogP contribution in [0.15, 0.2) is 52.5 Å². The molecule has 124 valence electrons. The summed E-state index contributed by atoms with van der Waals surface area (Å²) in [6, 6.07) is 12.2. The number of carbonyl (C=O) groups excluding carboxylic acids is 1. The molecule has 1 amide bonds. The Morgan fingerprint density at radius 3 is 2.64 bits per heavy atom. The number of benzene rings is 2. The van der Waals surface area contributed by atoms with Crippen molar-refractivity contribution >= 4 is 33.6 Å². The fraction of sp³-hybridized carbons (Fsp3) is 0.0526. The van der Waals surface area contributed by atoms with E-state index in [2.05, 4.69) is 27.2 Å². The van der Waals surface area contributed by atoms with Gasteiger partial charge in [0.1, 0.15) is 29.8 Å². The Bertz CT molecular complexity index is 893. The number of rotatable bonds is 5. The number of terminal acetylenes is 1. The number of hydrogen-bond donors (Lipinski definition) is 1. The number of nitrogens with zero attached hydrogens (tertiary/aromatic N) is 1. The summed E-state index contributed by atoms with van der Waals surface area (Å²) in [5.74, 6) is 1.93. The number of ether oxygens (including phenoxy) is 1. The van der Waals surface area contributed by atoms with E-state index < -0.39 is 11.7 Å². The standard InChI is InChI=1S/C19H12BrFN2O2/c1-2-9-25-18-8-3-13(11-17(18)20)10-14(12-22)19(24)23-16-6-4-15(21)5-7-16/h1,3-8,10-11H,9H2,(H,23,24)/b14-10+. The topological polar surface area (TPSA) is 62.1 Å². The van der Waals surface area contributed by atoms with Crippen molar-refractivity contribution in [1.82, 2.24) is 0 Å². The van der Waals surface area contributed by atoms with Gasteiger partial charge in [0.05, 0.1) is 4.47 Å². The fourth-order valence-corrected chi connectivity index (χ4v) is 2.40. The second-order valence-electron chi connectivity index (χ2n) is 4.81. The molecule has 0 aliphatic carbocycles. The first-order valence-corrected chi connectivity index (χ1v) is 7.87. The molecule has 0 saturated heterocycles. The van der Waals surface area contributed by atoms with Gasteiger partial charge in [0.15, 0.2) is 0 Å². The lowest BCUT2D eigenvalue weighted by Crippen LogP contribution is -2.13. The van der Waals surface area contributed by atoms with Crippen LogP contribution in [0.2, 0.25) is 0 Å². The summed E-state index contributed by atoms with van der Waals surface area (Å²) < 4.78 is 18.9. The molecule has 25 heavy (non-hydrogen) atoms. The van der Waals surface area contributed by atoms with E-state index in [1.165, 1.54) is 30.3 Å². The van der Waals surface area contributed by atoms with Crippen LogP contribution in [0, 0.1) is 29.5 Å². The molecule has 1 N–H and O–H groups in total. The molecule has 2 aromatic rings. The maximum atomic E-state index is 12.9. The van der Waals surface area contributed by atoms with Crippen LogP contribution in [-0.2, 0) is 4.79 Å². The minimum absolute atomic E-state index is 0.0893. The Hall–Kier alpha value is -3.09. The highest BCUT2D eigenvalue weighted by molar-refractivity contribution is 9.10. The smallest absolute Gasteiger partial charge is 0.266 e. The van der Waals surface area contributed by atoms with Gasteiger partial charge in [-0.15, -0.1) is 6.42 Å². The second-order valence-corrected chi connectivity index (χ2v) is 5.67. The quantitative estimate of drug-likeness (QED) is 0.467. The van der Waals surface area contributed by atoms with Crippen molar-refractivity contribution in [2.24, 2.45) is 0 Å². The normalized spacial score (nSPS) is 10.5. The van der Waals surface area contributed by atoms with Gasteiger partial charge in [0.2, 0.25) is 0 Å². The van der Waals surface area contributed by atoms with E-state index in [-0.39, 0.29) is 12.2 Å². The Kier molecular flexibility index (Phi) is 6.33. The largest absolute Gasteiger partial charge is 0.480 e. The van der Waals surface area contributed by atoms with Gasteiger partial charge < -0.3 is 10.1 Å². The molecule has 0 fully saturated rings. The molecule has 0 aliphatic heterocycles. The van der Waals surface area contributed by atoms with Gasteiger partial charge >= 0.3 is 0 Å². The minimum atomic E-state index is -0.585. The van der Waals surface area contributed by atoms with E-state index in [0.717, 1.165) is 0 Å². The van der Waals surface area contributed by atoms with Crippen LogP contribution >= 0.6 is 15.9 Å². The Balaban J connectivity index is 2.17. The SMILES string of the molecule is C#CCOc1ccc(/C=C(\C#N)C(=O)Nc2ccc(F)cc2)cc1Br. The van der Waals surface area contributed by atoms with Crippen molar-refractivity contribution in [3.05, 3.63) is 63.9 Å². The van der Waals surface area contributed by atoms with Gasteiger partial charge in [-0.1, -0.05) is 12.0 Å². The summed E-state index contributed by atoms with van der Waals surface area (Å²) >= 11 is 3.34. The molecule has 0 heterocycles. The van der Waals surface area contributed by atoms with E-state index in [1.54, 1.807) is 18.2 Å². The predicted octanol–water partition coefficient (Wildman–Crippen LogP) is 4.15. The van der Waals surface area contributed by atoms with Crippen LogP contribution in [0.4, 0.5) is 10.1 Å². The highest BCUT2D eigenvalue weighted by atomic mass is 79.9. The minimum Gasteiger partial charge on any atom is -0.480 e. The molecule has 0 spiro atoms. The lowest BCUT2D eigenvalue weighted by atomic mass is 10.1. The zero-order valence-electron chi connectivity index (χ0n) is 12.9. The molecular weight excluding hydrogens is 387 g/mol. The number of halogens is 2. The zero-order valence-corrected chi connectivity index (χ0v) is 14.5. The van der Waals surface area contributed by atoms with Crippen molar-refractivity contribution in [2.75, 3.05) is 11.9 Å². The lowest BCUT2D eigenvalue weighted by molar-refractivity contribution is -0.112. The number of nitriles is 1. The molecule has 6 heteroatoms. The lowest BCUT2D eigenvalue weighted by Gasteiger charge is -2.07. The Morgan fingerprint density at radius 2 is 2.04 bits per heavy atom. The van der Waals surface area contributed by atoms with Crippen molar-refractivity contribution in [2.45, 2.75) is 0 Å². The first kappa shape index (κ1) is 18.3. The molecule has 0 saturated carbocycles. The van der Waals surface area contributed by atoms with Crippen molar-refractivity contribution in [3.8, 4) is 24.2 Å². The van der Waals surface area contributed by atoms with E-state index in [0.29, 0.717) is 21.5 Å². The van der Waals surface area contributed by atoms with Gasteiger partial charge in [-0.05, 0) is 64.0 Å². The molecule has 0 unspecified atom stereocenters. The van der Waals surface area contributed by atoms with Crippen LogP contribution in [0.25, 0.3) is 6.08 Å². The monoisotopic (exact) mass is 398 g/mol. The number of amides is 1. The summed E-state index contributed by atoms with van der Waals surface area (Å²) in [5, 5.41) is 11.8.